The van der Waals surface area contributed by atoms with Crippen molar-refractivity contribution in [1.29, 1.82) is 0 Å². The highest BCUT2D eigenvalue weighted by Crippen LogP contribution is 2.33. The predicted octanol–water partition coefficient (Wildman–Crippen LogP) is 3.13. The van der Waals surface area contributed by atoms with Crippen LogP contribution in [0.5, 0.6) is 0 Å². The zero-order valence-electron chi connectivity index (χ0n) is 14.3. The van der Waals surface area contributed by atoms with Crippen LogP contribution in [0.25, 0.3) is 0 Å². The van der Waals surface area contributed by atoms with Gasteiger partial charge in [0.2, 0.25) is 0 Å². The lowest BCUT2D eigenvalue weighted by atomic mass is 9.75. The first-order valence-corrected chi connectivity index (χ1v) is 10.1. The highest BCUT2D eigenvalue weighted by atomic mass is 32.1. The lowest BCUT2D eigenvalue weighted by Gasteiger charge is -2.38. The Morgan fingerprint density at radius 2 is 2.04 bits per heavy atom. The highest BCUT2D eigenvalue weighted by Gasteiger charge is 2.35. The summed E-state index contributed by atoms with van der Waals surface area (Å²) >= 11 is 1.59. The van der Waals surface area contributed by atoms with Gasteiger partial charge in [-0.2, -0.15) is 0 Å². The summed E-state index contributed by atoms with van der Waals surface area (Å²) in [6.45, 7) is 0. The number of nitrogens with zero attached hydrogens (tertiary/aromatic N) is 1. The standard InChI is InChI=1S/C20H24N2O2S/c23-16-10-15(11-16)18(9-13-5-7-21-8-6-13)22-20(24)19-17-4-2-1-3-14(17)12-25-19/h5-8,12,15-16,18,23H,1-4,9-11H2,(H,22,24)/t15?,16?,18-/m0/s1. The average Bonchev–Trinajstić information content (AvgIpc) is 3.03. The topological polar surface area (TPSA) is 62.2 Å². The van der Waals surface area contributed by atoms with Crippen LogP contribution in [0.15, 0.2) is 29.9 Å². The molecule has 5 heteroatoms. The van der Waals surface area contributed by atoms with Crippen molar-refractivity contribution in [3.8, 4) is 0 Å². The number of rotatable bonds is 5. The van der Waals surface area contributed by atoms with Crippen molar-refractivity contribution < 1.29 is 9.90 Å². The summed E-state index contributed by atoms with van der Waals surface area (Å²) in [6.07, 6.45) is 10.3. The minimum Gasteiger partial charge on any atom is -0.393 e. The maximum absolute atomic E-state index is 12.9. The zero-order chi connectivity index (χ0) is 17.2. The van der Waals surface area contributed by atoms with Crippen molar-refractivity contribution in [3.05, 3.63) is 51.5 Å². The van der Waals surface area contributed by atoms with E-state index in [4.69, 9.17) is 0 Å². The SMILES string of the molecule is O=C(N[C@@H](Cc1ccncc1)C1CC(O)C1)c1scc2c1CCCC2. The van der Waals surface area contributed by atoms with Crippen LogP contribution in [0.4, 0.5) is 0 Å². The molecule has 2 aliphatic carbocycles. The third-order valence-electron chi connectivity index (χ3n) is 5.55. The van der Waals surface area contributed by atoms with Gasteiger partial charge in [0, 0.05) is 18.4 Å². The Labute approximate surface area is 152 Å². The number of aliphatic hydroxyl groups is 1. The molecule has 2 aliphatic rings. The van der Waals surface area contributed by atoms with E-state index in [-0.39, 0.29) is 18.1 Å². The summed E-state index contributed by atoms with van der Waals surface area (Å²) in [5, 5.41) is 15.1. The Morgan fingerprint density at radius 1 is 1.28 bits per heavy atom. The number of aryl methyl sites for hydroxylation is 1. The molecule has 1 atom stereocenters. The van der Waals surface area contributed by atoms with Crippen LogP contribution in [0.1, 0.15) is 52.0 Å². The fourth-order valence-electron chi connectivity index (χ4n) is 4.01. The van der Waals surface area contributed by atoms with Gasteiger partial charge in [-0.3, -0.25) is 9.78 Å². The molecular weight excluding hydrogens is 332 g/mol. The average molecular weight is 356 g/mol. The predicted molar refractivity (Wildman–Crippen MR) is 98.9 cm³/mol. The number of aromatic nitrogens is 1. The molecule has 2 heterocycles. The molecule has 0 radical (unpaired) electrons. The molecule has 0 saturated heterocycles. The molecule has 0 spiro atoms. The summed E-state index contributed by atoms with van der Waals surface area (Å²) in [4.78, 5) is 17.9. The second-order valence-corrected chi connectivity index (χ2v) is 8.18. The van der Waals surface area contributed by atoms with E-state index in [1.54, 1.807) is 23.7 Å². The van der Waals surface area contributed by atoms with Crippen molar-refractivity contribution in [2.24, 2.45) is 5.92 Å². The van der Waals surface area contributed by atoms with Crippen LogP contribution >= 0.6 is 11.3 Å². The molecule has 2 N–H and O–H groups in total. The monoisotopic (exact) mass is 356 g/mol. The Hall–Kier alpha value is -1.72. The van der Waals surface area contributed by atoms with Gasteiger partial charge in [0.15, 0.2) is 0 Å². The number of pyridine rings is 1. The van der Waals surface area contributed by atoms with E-state index >= 15 is 0 Å². The Balaban J connectivity index is 1.50. The van der Waals surface area contributed by atoms with E-state index in [0.717, 1.165) is 37.0 Å². The van der Waals surface area contributed by atoms with E-state index in [1.807, 2.05) is 12.1 Å². The largest absolute Gasteiger partial charge is 0.393 e. The fraction of sp³-hybridized carbons (Fsp3) is 0.500. The van der Waals surface area contributed by atoms with Gasteiger partial charge < -0.3 is 10.4 Å². The van der Waals surface area contributed by atoms with Gasteiger partial charge in [0.05, 0.1) is 11.0 Å². The van der Waals surface area contributed by atoms with E-state index < -0.39 is 0 Å². The van der Waals surface area contributed by atoms with Crippen molar-refractivity contribution >= 4 is 17.2 Å². The van der Waals surface area contributed by atoms with Crippen LogP contribution in [0, 0.1) is 5.92 Å². The molecule has 2 aromatic heterocycles. The number of thiophene rings is 1. The van der Waals surface area contributed by atoms with Crippen molar-refractivity contribution in [2.45, 2.75) is 57.1 Å². The first kappa shape index (κ1) is 16.7. The molecule has 2 aromatic rings. The summed E-state index contributed by atoms with van der Waals surface area (Å²) in [5.41, 5.74) is 3.81. The van der Waals surface area contributed by atoms with Gasteiger partial charge >= 0.3 is 0 Å². The van der Waals surface area contributed by atoms with Gasteiger partial charge in [-0.1, -0.05) is 0 Å². The number of aliphatic hydroxyl groups excluding tert-OH is 1. The van der Waals surface area contributed by atoms with Gasteiger partial charge in [0.1, 0.15) is 0 Å². The minimum atomic E-state index is -0.212. The lowest BCUT2D eigenvalue weighted by molar-refractivity contribution is 0.0239. The number of amides is 1. The second-order valence-electron chi connectivity index (χ2n) is 7.30. The zero-order valence-corrected chi connectivity index (χ0v) is 15.1. The van der Waals surface area contributed by atoms with Gasteiger partial charge in [-0.05, 0) is 85.1 Å². The first-order chi connectivity index (χ1) is 12.2. The summed E-state index contributed by atoms with van der Waals surface area (Å²) in [7, 11) is 0. The van der Waals surface area contributed by atoms with Crippen LogP contribution in [-0.4, -0.2) is 28.1 Å². The Kier molecular flexibility index (Phi) is 4.86. The van der Waals surface area contributed by atoms with Gasteiger partial charge in [-0.15, -0.1) is 11.3 Å². The number of carbonyl (C=O) groups is 1. The molecule has 0 bridgehead atoms. The molecule has 0 aromatic carbocycles. The molecule has 25 heavy (non-hydrogen) atoms. The molecule has 4 rings (SSSR count). The van der Waals surface area contributed by atoms with E-state index in [2.05, 4.69) is 15.7 Å². The third kappa shape index (κ3) is 3.62. The van der Waals surface area contributed by atoms with E-state index in [9.17, 15) is 9.90 Å². The molecule has 1 amide bonds. The lowest BCUT2D eigenvalue weighted by Crippen LogP contribution is -2.48. The maximum Gasteiger partial charge on any atom is 0.261 e. The second kappa shape index (κ2) is 7.26. The van der Waals surface area contributed by atoms with Crippen LogP contribution in [-0.2, 0) is 19.3 Å². The van der Waals surface area contributed by atoms with E-state index in [0.29, 0.717) is 5.92 Å². The summed E-state index contributed by atoms with van der Waals surface area (Å²) in [6, 6.07) is 4.07. The molecule has 1 fully saturated rings. The van der Waals surface area contributed by atoms with Gasteiger partial charge in [-0.25, -0.2) is 0 Å². The van der Waals surface area contributed by atoms with Crippen molar-refractivity contribution in [2.75, 3.05) is 0 Å². The molecule has 0 aliphatic heterocycles. The summed E-state index contributed by atoms with van der Waals surface area (Å²) in [5.74, 6) is 0.413. The number of carbonyl (C=O) groups excluding carboxylic acids is 1. The highest BCUT2D eigenvalue weighted by molar-refractivity contribution is 7.12. The quantitative estimate of drug-likeness (QED) is 0.865. The smallest absolute Gasteiger partial charge is 0.261 e. The molecule has 4 nitrogen and oxygen atoms in total. The number of nitrogens with one attached hydrogen (secondary N) is 1. The normalized spacial score (nSPS) is 23.4. The molecule has 132 valence electrons. The van der Waals surface area contributed by atoms with Crippen molar-refractivity contribution in [3.63, 3.8) is 0 Å². The first-order valence-electron chi connectivity index (χ1n) is 9.18. The fourth-order valence-corrected chi connectivity index (χ4v) is 5.07. The molecular formula is C20H24N2O2S. The number of hydrogen-bond donors (Lipinski definition) is 2. The minimum absolute atomic E-state index is 0.0635. The number of fused-ring (bicyclic) bond motifs is 1. The van der Waals surface area contributed by atoms with E-state index in [1.165, 1.54) is 29.5 Å². The Bertz CT molecular complexity index is 737. The summed E-state index contributed by atoms with van der Waals surface area (Å²) < 4.78 is 0. The third-order valence-corrected chi connectivity index (χ3v) is 6.62. The van der Waals surface area contributed by atoms with Crippen molar-refractivity contribution in [1.82, 2.24) is 10.3 Å². The van der Waals surface area contributed by atoms with Crippen LogP contribution in [0.3, 0.4) is 0 Å². The maximum atomic E-state index is 12.9. The Morgan fingerprint density at radius 3 is 2.80 bits per heavy atom. The molecule has 0 unspecified atom stereocenters. The number of hydrogen-bond acceptors (Lipinski definition) is 4. The van der Waals surface area contributed by atoms with Gasteiger partial charge in [0.25, 0.3) is 5.91 Å². The van der Waals surface area contributed by atoms with Crippen LogP contribution < -0.4 is 5.32 Å². The van der Waals surface area contributed by atoms with Crippen LogP contribution in [0.2, 0.25) is 0 Å². The molecule has 1 saturated carbocycles.